The van der Waals surface area contributed by atoms with Gasteiger partial charge >= 0.3 is 0 Å². The van der Waals surface area contributed by atoms with Crippen LogP contribution in [-0.4, -0.2) is 33.4 Å². The summed E-state index contributed by atoms with van der Waals surface area (Å²) in [6.45, 7) is 2.58. The first-order valence-corrected chi connectivity index (χ1v) is 9.12. The van der Waals surface area contributed by atoms with Crippen molar-refractivity contribution in [1.82, 2.24) is 15.2 Å². The van der Waals surface area contributed by atoms with E-state index in [4.69, 9.17) is 14.7 Å². The van der Waals surface area contributed by atoms with E-state index < -0.39 is 0 Å². The monoisotopic (exact) mass is 342 g/mol. The number of rotatable bonds is 2. The first-order valence-electron chi connectivity index (χ1n) is 8.30. The third-order valence-electron chi connectivity index (χ3n) is 4.73. The summed E-state index contributed by atoms with van der Waals surface area (Å²) in [6.07, 6.45) is 7.32. The van der Waals surface area contributed by atoms with Crippen molar-refractivity contribution >= 4 is 28.6 Å². The second-order valence-electron chi connectivity index (χ2n) is 6.47. The highest BCUT2D eigenvalue weighted by Crippen LogP contribution is 2.39. The molecule has 8 heteroatoms. The van der Waals surface area contributed by atoms with E-state index in [-0.39, 0.29) is 6.10 Å². The largest absolute Gasteiger partial charge is 0.367 e. The molecule has 1 aliphatic carbocycles. The molecule has 1 saturated carbocycles. The van der Waals surface area contributed by atoms with Crippen LogP contribution in [0.2, 0.25) is 0 Å². The Balaban J connectivity index is 1.44. The molecule has 0 amide bonds. The van der Waals surface area contributed by atoms with Gasteiger partial charge in [0.2, 0.25) is 5.96 Å². The van der Waals surface area contributed by atoms with Crippen molar-refractivity contribution < 1.29 is 4.74 Å². The number of ether oxygens (including phenoxy) is 1. The Morgan fingerprint density at radius 3 is 3.17 bits per heavy atom. The van der Waals surface area contributed by atoms with Crippen LogP contribution in [0.1, 0.15) is 42.9 Å². The van der Waals surface area contributed by atoms with Gasteiger partial charge in [0.15, 0.2) is 5.13 Å². The smallest absolute Gasteiger partial charge is 0.224 e. The predicted molar refractivity (Wildman–Crippen MR) is 93.6 cm³/mol. The first kappa shape index (κ1) is 14.3. The van der Waals surface area contributed by atoms with Crippen molar-refractivity contribution in [2.45, 2.75) is 44.9 Å². The van der Waals surface area contributed by atoms with Gasteiger partial charge in [0.1, 0.15) is 0 Å². The lowest BCUT2D eigenvalue weighted by atomic mass is 10.1. The molecule has 124 valence electrons. The molecule has 2 aromatic heterocycles. The number of nitrogens with zero attached hydrogens (tertiary/aromatic N) is 4. The highest BCUT2D eigenvalue weighted by Gasteiger charge is 2.32. The number of guanidine groups is 1. The molecule has 2 aliphatic heterocycles. The molecular weight excluding hydrogens is 324 g/mol. The van der Waals surface area contributed by atoms with Crippen LogP contribution in [0.5, 0.6) is 0 Å². The normalized spacial score (nSPS) is 25.6. The zero-order valence-electron chi connectivity index (χ0n) is 13.3. The quantitative estimate of drug-likeness (QED) is 0.877. The molecule has 0 radical (unpaired) electrons. The van der Waals surface area contributed by atoms with Crippen LogP contribution in [0, 0.1) is 5.92 Å². The maximum Gasteiger partial charge on any atom is 0.224 e. The second kappa shape index (κ2) is 5.49. The number of thiazole rings is 1. The van der Waals surface area contributed by atoms with E-state index in [0.29, 0.717) is 18.6 Å². The maximum absolute atomic E-state index is 5.89. The van der Waals surface area contributed by atoms with Gasteiger partial charge < -0.3 is 10.1 Å². The van der Waals surface area contributed by atoms with Crippen LogP contribution in [0.15, 0.2) is 16.2 Å². The van der Waals surface area contributed by atoms with Gasteiger partial charge in [-0.3, -0.25) is 5.10 Å². The Morgan fingerprint density at radius 2 is 2.29 bits per heavy atom. The standard InChI is InChI=1S/C16H18N6OS/c1-8-13-10(6-18-22-13)14-12(7-23-8)24-16(20-14)21-15-17-5-4-11(19-15)9-2-3-9/h5-6,8-9,11H,2-4,7H2,1H3,(H,18,22)(H,19,20,21). The fourth-order valence-electron chi connectivity index (χ4n) is 3.22. The van der Waals surface area contributed by atoms with E-state index in [0.717, 1.165) is 39.3 Å². The highest BCUT2D eigenvalue weighted by atomic mass is 32.1. The van der Waals surface area contributed by atoms with Crippen molar-refractivity contribution in [3.8, 4) is 11.3 Å². The molecular formula is C16H18N6OS. The molecule has 4 heterocycles. The summed E-state index contributed by atoms with van der Waals surface area (Å²) in [4.78, 5) is 15.0. The Labute approximate surface area is 143 Å². The van der Waals surface area contributed by atoms with Crippen LogP contribution in [0.4, 0.5) is 5.13 Å². The van der Waals surface area contributed by atoms with Gasteiger partial charge in [-0.15, -0.1) is 0 Å². The summed E-state index contributed by atoms with van der Waals surface area (Å²) in [7, 11) is 0. The summed E-state index contributed by atoms with van der Waals surface area (Å²) in [5, 5.41) is 11.3. The fourth-order valence-corrected chi connectivity index (χ4v) is 4.11. The van der Waals surface area contributed by atoms with Crippen LogP contribution in [-0.2, 0) is 11.3 Å². The van der Waals surface area contributed by atoms with Gasteiger partial charge in [0.25, 0.3) is 0 Å². The van der Waals surface area contributed by atoms with E-state index >= 15 is 0 Å². The molecule has 0 aromatic carbocycles. The Bertz CT molecular complexity index is 833. The number of hydrogen-bond donors (Lipinski definition) is 2. The van der Waals surface area contributed by atoms with Crippen LogP contribution < -0.4 is 5.32 Å². The number of aromatic amines is 1. The van der Waals surface area contributed by atoms with Crippen molar-refractivity contribution in [2.24, 2.45) is 15.9 Å². The predicted octanol–water partition coefficient (Wildman–Crippen LogP) is 3.15. The molecule has 2 aromatic rings. The average Bonchev–Trinajstić information content (AvgIpc) is 3.22. The van der Waals surface area contributed by atoms with Gasteiger partial charge in [0.05, 0.1) is 41.2 Å². The van der Waals surface area contributed by atoms with Crippen molar-refractivity contribution in [3.05, 3.63) is 16.8 Å². The minimum Gasteiger partial charge on any atom is -0.367 e. The number of aromatic nitrogens is 3. The van der Waals surface area contributed by atoms with Gasteiger partial charge in [0, 0.05) is 18.2 Å². The van der Waals surface area contributed by atoms with E-state index in [2.05, 4.69) is 20.5 Å². The zero-order valence-corrected chi connectivity index (χ0v) is 14.1. The molecule has 2 unspecified atom stereocenters. The second-order valence-corrected chi connectivity index (χ2v) is 7.55. The van der Waals surface area contributed by atoms with E-state index in [1.54, 1.807) is 11.3 Å². The zero-order chi connectivity index (χ0) is 16.1. The molecule has 7 nitrogen and oxygen atoms in total. The van der Waals surface area contributed by atoms with E-state index in [9.17, 15) is 0 Å². The molecule has 2 N–H and O–H groups in total. The van der Waals surface area contributed by atoms with Gasteiger partial charge in [-0.1, -0.05) is 11.3 Å². The number of anilines is 1. The number of aliphatic imine (C=N–C) groups is 2. The SMILES string of the molecule is CC1OCc2sc(NC3=NC(C4CC4)CC=N3)nc2-c2cn[nH]c21. The topological polar surface area (TPSA) is 87.5 Å². The lowest BCUT2D eigenvalue weighted by molar-refractivity contribution is 0.0537. The minimum atomic E-state index is -0.00747. The molecule has 2 atom stereocenters. The molecule has 0 bridgehead atoms. The number of hydrogen-bond acceptors (Lipinski definition) is 7. The first-order chi connectivity index (χ1) is 11.8. The van der Waals surface area contributed by atoms with E-state index in [1.807, 2.05) is 19.3 Å². The van der Waals surface area contributed by atoms with Crippen molar-refractivity contribution in [1.29, 1.82) is 0 Å². The molecule has 24 heavy (non-hydrogen) atoms. The van der Waals surface area contributed by atoms with Crippen molar-refractivity contribution in [2.75, 3.05) is 5.32 Å². The molecule has 3 aliphatic rings. The Kier molecular flexibility index (Phi) is 3.27. The third-order valence-corrected chi connectivity index (χ3v) is 5.67. The van der Waals surface area contributed by atoms with Gasteiger partial charge in [-0.05, 0) is 25.7 Å². The van der Waals surface area contributed by atoms with Gasteiger partial charge in [-0.25, -0.2) is 15.0 Å². The maximum atomic E-state index is 5.89. The Hall–Kier alpha value is -2.06. The molecule has 0 spiro atoms. The molecule has 1 fully saturated rings. The summed E-state index contributed by atoms with van der Waals surface area (Å²) in [6, 6.07) is 0.382. The highest BCUT2D eigenvalue weighted by molar-refractivity contribution is 7.16. The Morgan fingerprint density at radius 1 is 1.38 bits per heavy atom. The van der Waals surface area contributed by atoms with Crippen LogP contribution >= 0.6 is 11.3 Å². The summed E-state index contributed by atoms with van der Waals surface area (Å²) >= 11 is 1.59. The molecule has 0 saturated heterocycles. The minimum absolute atomic E-state index is 0.00747. The third kappa shape index (κ3) is 2.46. The van der Waals surface area contributed by atoms with Gasteiger partial charge in [-0.2, -0.15) is 5.10 Å². The van der Waals surface area contributed by atoms with Crippen LogP contribution in [0.3, 0.4) is 0 Å². The fraction of sp³-hybridized carbons (Fsp3) is 0.500. The average molecular weight is 342 g/mol. The van der Waals surface area contributed by atoms with Crippen molar-refractivity contribution in [3.63, 3.8) is 0 Å². The summed E-state index contributed by atoms with van der Waals surface area (Å²) < 4.78 is 5.89. The lowest BCUT2D eigenvalue weighted by Crippen LogP contribution is -2.21. The summed E-state index contributed by atoms with van der Waals surface area (Å²) in [5.41, 5.74) is 2.94. The number of fused-ring (bicyclic) bond motifs is 3. The number of H-pyrrole nitrogens is 1. The molecule has 5 rings (SSSR count). The number of nitrogens with one attached hydrogen (secondary N) is 2. The summed E-state index contributed by atoms with van der Waals surface area (Å²) in [5.74, 6) is 1.41. The lowest BCUT2D eigenvalue weighted by Gasteiger charge is -2.14. The van der Waals surface area contributed by atoms with E-state index in [1.165, 1.54) is 12.8 Å². The van der Waals surface area contributed by atoms with Crippen LogP contribution in [0.25, 0.3) is 11.3 Å².